The van der Waals surface area contributed by atoms with Crippen LogP contribution in [0.1, 0.15) is 25.8 Å². The molecule has 0 aromatic heterocycles. The van der Waals surface area contributed by atoms with E-state index in [0.717, 1.165) is 0 Å². The Labute approximate surface area is 142 Å². The molecule has 1 heterocycles. The summed E-state index contributed by atoms with van der Waals surface area (Å²) < 4.78 is 26.7. The molecule has 1 saturated heterocycles. The van der Waals surface area contributed by atoms with Crippen LogP contribution in [0.25, 0.3) is 0 Å². The molecule has 1 aliphatic heterocycles. The number of hydrogen-bond acceptors (Lipinski definition) is 4. The number of nitrogens with one attached hydrogen (secondary N) is 1. The molecule has 1 aliphatic rings. The summed E-state index contributed by atoms with van der Waals surface area (Å²) in [5, 5.41) is 3.15. The van der Waals surface area contributed by atoms with E-state index in [9.17, 15) is 13.2 Å². The molecule has 23 heavy (non-hydrogen) atoms. The first-order valence-corrected chi connectivity index (χ1v) is 9.48. The number of nitrogens with zero attached hydrogens (tertiary/aromatic N) is 1. The number of carbonyl (C=O) groups is 1. The quantitative estimate of drug-likeness (QED) is 0.823. The number of halogens is 1. The monoisotopic (exact) mass is 359 g/mol. The fourth-order valence-corrected chi connectivity index (χ4v) is 4.74. The Kier molecular flexibility index (Phi) is 5.67. The maximum absolute atomic E-state index is 12.7. The van der Waals surface area contributed by atoms with Gasteiger partial charge in [-0.15, -0.1) is 0 Å². The zero-order valence-corrected chi connectivity index (χ0v) is 14.8. The van der Waals surface area contributed by atoms with Gasteiger partial charge in [-0.2, -0.15) is 4.31 Å². The molecule has 0 unspecified atom stereocenters. The molecular weight excluding hydrogens is 338 g/mol. The molecule has 0 saturated carbocycles. The molecule has 1 aromatic carbocycles. The van der Waals surface area contributed by atoms with E-state index < -0.39 is 16.1 Å². The van der Waals surface area contributed by atoms with E-state index in [1.54, 1.807) is 24.3 Å². The number of nitrogens with two attached hydrogens (primary N) is 1. The van der Waals surface area contributed by atoms with Gasteiger partial charge in [0.2, 0.25) is 15.9 Å². The van der Waals surface area contributed by atoms with Crippen molar-refractivity contribution in [3.63, 3.8) is 0 Å². The summed E-state index contributed by atoms with van der Waals surface area (Å²) in [5.74, 6) is -0.555. The van der Waals surface area contributed by atoms with Gasteiger partial charge >= 0.3 is 0 Å². The van der Waals surface area contributed by atoms with Crippen molar-refractivity contribution in [3.05, 3.63) is 34.9 Å². The van der Waals surface area contributed by atoms with Gasteiger partial charge in [-0.05, 0) is 31.9 Å². The number of carbonyl (C=O) groups excluding carboxylic acids is 1. The van der Waals surface area contributed by atoms with Crippen LogP contribution in [0.15, 0.2) is 24.3 Å². The summed E-state index contributed by atoms with van der Waals surface area (Å²) in [6.45, 7) is 3.80. The minimum absolute atomic E-state index is 0.0625. The molecule has 0 aliphatic carbocycles. The van der Waals surface area contributed by atoms with Crippen LogP contribution in [0, 0.1) is 0 Å². The standard InChI is InChI=1S/C15H22ClN3O3S/c1-10(2)18-15(20)14-7-12(17)8-19(14)23(21,22)9-11-5-3-4-6-13(11)16/h3-6,10,12,14H,7-9,17H2,1-2H3,(H,18,20)/t12-,14-/m0/s1. The predicted molar refractivity (Wildman–Crippen MR) is 90.4 cm³/mol. The number of sulfonamides is 1. The van der Waals surface area contributed by atoms with E-state index >= 15 is 0 Å². The first-order chi connectivity index (χ1) is 10.7. The van der Waals surface area contributed by atoms with E-state index in [0.29, 0.717) is 17.0 Å². The molecule has 3 N–H and O–H groups in total. The van der Waals surface area contributed by atoms with Gasteiger partial charge in [0, 0.05) is 23.7 Å². The first-order valence-electron chi connectivity index (χ1n) is 7.49. The summed E-state index contributed by atoms with van der Waals surface area (Å²) in [6, 6.07) is 5.61. The Balaban J connectivity index is 2.22. The lowest BCUT2D eigenvalue weighted by molar-refractivity contribution is -0.124. The highest BCUT2D eigenvalue weighted by Crippen LogP contribution is 2.25. The van der Waals surface area contributed by atoms with E-state index in [2.05, 4.69) is 5.32 Å². The van der Waals surface area contributed by atoms with Crippen LogP contribution in [-0.4, -0.2) is 43.3 Å². The van der Waals surface area contributed by atoms with Crippen molar-refractivity contribution in [2.24, 2.45) is 5.73 Å². The highest BCUT2D eigenvalue weighted by Gasteiger charge is 2.42. The molecule has 1 aromatic rings. The van der Waals surface area contributed by atoms with Gasteiger partial charge < -0.3 is 11.1 Å². The summed E-state index contributed by atoms with van der Waals surface area (Å²) in [6.07, 6.45) is 0.320. The fourth-order valence-electron chi connectivity index (χ4n) is 2.66. The number of amides is 1. The highest BCUT2D eigenvalue weighted by atomic mass is 35.5. The van der Waals surface area contributed by atoms with Crippen molar-refractivity contribution >= 4 is 27.5 Å². The van der Waals surface area contributed by atoms with Gasteiger partial charge in [0.05, 0.1) is 5.75 Å². The lowest BCUT2D eigenvalue weighted by Crippen LogP contribution is -2.47. The lowest BCUT2D eigenvalue weighted by atomic mass is 10.1. The largest absolute Gasteiger partial charge is 0.353 e. The van der Waals surface area contributed by atoms with Gasteiger partial charge in [0.1, 0.15) is 6.04 Å². The zero-order valence-electron chi connectivity index (χ0n) is 13.2. The van der Waals surface area contributed by atoms with Gasteiger partial charge in [-0.1, -0.05) is 29.8 Å². The van der Waals surface area contributed by atoms with Crippen LogP contribution in [0.5, 0.6) is 0 Å². The molecule has 1 fully saturated rings. The van der Waals surface area contributed by atoms with Gasteiger partial charge in [-0.3, -0.25) is 4.79 Å². The Morgan fingerprint density at radius 2 is 2.09 bits per heavy atom. The lowest BCUT2D eigenvalue weighted by Gasteiger charge is -2.24. The van der Waals surface area contributed by atoms with Crippen molar-refractivity contribution < 1.29 is 13.2 Å². The van der Waals surface area contributed by atoms with Gasteiger partial charge in [-0.25, -0.2) is 8.42 Å². The number of rotatable bonds is 5. The van der Waals surface area contributed by atoms with Crippen LogP contribution >= 0.6 is 11.6 Å². The molecule has 0 bridgehead atoms. The number of benzene rings is 1. The van der Waals surface area contributed by atoms with Crippen molar-refractivity contribution in [1.82, 2.24) is 9.62 Å². The minimum Gasteiger partial charge on any atom is -0.353 e. The number of hydrogen-bond donors (Lipinski definition) is 2. The van der Waals surface area contributed by atoms with E-state index in [-0.39, 0.29) is 30.3 Å². The van der Waals surface area contributed by atoms with E-state index in [1.807, 2.05) is 13.8 Å². The molecule has 0 radical (unpaired) electrons. The molecule has 6 nitrogen and oxygen atoms in total. The predicted octanol–water partition coefficient (Wildman–Crippen LogP) is 1.10. The topological polar surface area (TPSA) is 92.5 Å². The Hall–Kier alpha value is -1.15. The molecule has 2 atom stereocenters. The summed E-state index contributed by atoms with van der Waals surface area (Å²) >= 11 is 6.05. The third kappa shape index (κ3) is 4.44. The first kappa shape index (κ1) is 18.2. The molecular formula is C15H22ClN3O3S. The van der Waals surface area contributed by atoms with Crippen molar-refractivity contribution in [2.75, 3.05) is 6.54 Å². The van der Waals surface area contributed by atoms with Crippen LogP contribution in [0.2, 0.25) is 5.02 Å². The molecule has 2 rings (SSSR count). The van der Waals surface area contributed by atoms with Crippen molar-refractivity contribution in [3.8, 4) is 0 Å². The smallest absolute Gasteiger partial charge is 0.238 e. The Morgan fingerprint density at radius 3 is 2.70 bits per heavy atom. The Morgan fingerprint density at radius 1 is 1.43 bits per heavy atom. The fraction of sp³-hybridized carbons (Fsp3) is 0.533. The van der Waals surface area contributed by atoms with Crippen LogP contribution in [0.3, 0.4) is 0 Å². The minimum atomic E-state index is -3.69. The summed E-state index contributed by atoms with van der Waals surface area (Å²) in [5.41, 5.74) is 6.40. The normalized spacial score (nSPS) is 22.5. The SMILES string of the molecule is CC(C)NC(=O)[C@@H]1C[C@H](N)CN1S(=O)(=O)Cc1ccccc1Cl. The third-order valence-electron chi connectivity index (χ3n) is 3.67. The maximum atomic E-state index is 12.7. The average molecular weight is 360 g/mol. The Bertz CT molecular complexity index is 678. The maximum Gasteiger partial charge on any atom is 0.238 e. The van der Waals surface area contributed by atoms with Crippen molar-refractivity contribution in [1.29, 1.82) is 0 Å². The molecule has 0 spiro atoms. The third-order valence-corrected chi connectivity index (χ3v) is 5.84. The average Bonchev–Trinajstić information content (AvgIpc) is 2.84. The summed E-state index contributed by atoms with van der Waals surface area (Å²) in [7, 11) is -3.69. The second-order valence-electron chi connectivity index (χ2n) is 6.09. The van der Waals surface area contributed by atoms with E-state index in [1.165, 1.54) is 4.31 Å². The second-order valence-corrected chi connectivity index (χ2v) is 8.42. The van der Waals surface area contributed by atoms with E-state index in [4.69, 9.17) is 17.3 Å². The van der Waals surface area contributed by atoms with Crippen LogP contribution in [-0.2, 0) is 20.6 Å². The summed E-state index contributed by atoms with van der Waals surface area (Å²) in [4.78, 5) is 12.3. The second kappa shape index (κ2) is 7.17. The van der Waals surface area contributed by atoms with Gasteiger partial charge in [0.15, 0.2) is 0 Å². The van der Waals surface area contributed by atoms with Crippen LogP contribution in [0.4, 0.5) is 0 Å². The molecule has 128 valence electrons. The van der Waals surface area contributed by atoms with Crippen LogP contribution < -0.4 is 11.1 Å². The molecule has 8 heteroatoms. The highest BCUT2D eigenvalue weighted by molar-refractivity contribution is 7.88. The van der Waals surface area contributed by atoms with Gasteiger partial charge in [0.25, 0.3) is 0 Å². The van der Waals surface area contributed by atoms with Crippen molar-refractivity contribution in [2.45, 2.75) is 44.1 Å². The molecule has 1 amide bonds. The zero-order chi connectivity index (χ0) is 17.2.